The van der Waals surface area contributed by atoms with E-state index in [1.807, 2.05) is 36.6 Å². The van der Waals surface area contributed by atoms with Gasteiger partial charge in [-0.25, -0.2) is 9.37 Å². The van der Waals surface area contributed by atoms with Crippen molar-refractivity contribution < 1.29 is 13.9 Å². The van der Waals surface area contributed by atoms with E-state index in [0.29, 0.717) is 23.1 Å². The highest BCUT2D eigenvalue weighted by Crippen LogP contribution is 2.24. The van der Waals surface area contributed by atoms with Gasteiger partial charge in [-0.05, 0) is 37.4 Å². The van der Waals surface area contributed by atoms with Gasteiger partial charge < -0.3 is 10.1 Å². The molecule has 0 aliphatic rings. The standard InChI is InChI=1S/C19H18FN3O2S/c1-3-25-17-10-9-13(11-15(17)20)22-18(24)16-12-21-19(26-2)23(16)14-7-5-4-6-8-14/h4-12H,3H2,1-2H3,(H,22,24). The number of hydrogen-bond donors (Lipinski definition) is 1. The SMILES string of the molecule is CCOc1ccc(NC(=O)c2cnc(SC)n2-c2ccccc2)cc1F. The van der Waals surface area contributed by atoms with Crippen molar-refractivity contribution in [2.45, 2.75) is 12.1 Å². The predicted molar refractivity (Wildman–Crippen MR) is 101 cm³/mol. The number of nitrogens with zero attached hydrogens (tertiary/aromatic N) is 2. The Kier molecular flexibility index (Phi) is 5.58. The summed E-state index contributed by atoms with van der Waals surface area (Å²) in [7, 11) is 0. The molecule has 1 N–H and O–H groups in total. The summed E-state index contributed by atoms with van der Waals surface area (Å²) in [6.45, 7) is 2.15. The average Bonchev–Trinajstić information content (AvgIpc) is 3.09. The van der Waals surface area contributed by atoms with Gasteiger partial charge in [0, 0.05) is 17.4 Å². The zero-order valence-corrected chi connectivity index (χ0v) is 15.2. The van der Waals surface area contributed by atoms with Crippen molar-refractivity contribution in [1.29, 1.82) is 0 Å². The summed E-state index contributed by atoms with van der Waals surface area (Å²) < 4.78 is 20.9. The van der Waals surface area contributed by atoms with E-state index in [0.717, 1.165) is 5.69 Å². The highest BCUT2D eigenvalue weighted by Gasteiger charge is 2.18. The van der Waals surface area contributed by atoms with Crippen molar-refractivity contribution in [1.82, 2.24) is 9.55 Å². The van der Waals surface area contributed by atoms with Crippen LogP contribution in [0.3, 0.4) is 0 Å². The number of carbonyl (C=O) groups excluding carboxylic acids is 1. The second-order valence-corrected chi connectivity index (χ2v) is 6.11. The highest BCUT2D eigenvalue weighted by atomic mass is 32.2. The Morgan fingerprint density at radius 3 is 2.69 bits per heavy atom. The van der Waals surface area contributed by atoms with E-state index in [1.165, 1.54) is 30.1 Å². The first kappa shape index (κ1) is 18.0. The molecule has 0 saturated carbocycles. The van der Waals surface area contributed by atoms with Gasteiger partial charge in [0.15, 0.2) is 16.7 Å². The molecule has 0 bridgehead atoms. The lowest BCUT2D eigenvalue weighted by Crippen LogP contribution is -2.16. The van der Waals surface area contributed by atoms with Gasteiger partial charge >= 0.3 is 0 Å². The molecule has 26 heavy (non-hydrogen) atoms. The zero-order chi connectivity index (χ0) is 18.5. The van der Waals surface area contributed by atoms with Crippen molar-refractivity contribution in [2.24, 2.45) is 0 Å². The number of rotatable bonds is 6. The van der Waals surface area contributed by atoms with Crippen molar-refractivity contribution in [3.63, 3.8) is 0 Å². The summed E-state index contributed by atoms with van der Waals surface area (Å²) in [4.78, 5) is 17.0. The van der Waals surface area contributed by atoms with Gasteiger partial charge in [0.1, 0.15) is 5.69 Å². The normalized spacial score (nSPS) is 10.6. The maximum Gasteiger partial charge on any atom is 0.274 e. The van der Waals surface area contributed by atoms with Crippen molar-refractivity contribution in [3.05, 3.63) is 66.2 Å². The number of halogens is 1. The fourth-order valence-corrected chi connectivity index (χ4v) is 3.06. The van der Waals surface area contributed by atoms with Crippen LogP contribution in [0, 0.1) is 5.82 Å². The van der Waals surface area contributed by atoms with Crippen LogP contribution in [0.4, 0.5) is 10.1 Å². The monoisotopic (exact) mass is 371 g/mol. The molecule has 0 radical (unpaired) electrons. The maximum atomic E-state index is 14.0. The Hall–Kier alpha value is -2.80. The summed E-state index contributed by atoms with van der Waals surface area (Å²) in [6.07, 6.45) is 3.41. The Morgan fingerprint density at radius 2 is 2.04 bits per heavy atom. The third-order valence-electron chi connectivity index (χ3n) is 3.65. The number of aromatic nitrogens is 2. The molecule has 2 aromatic carbocycles. The number of amides is 1. The van der Waals surface area contributed by atoms with Gasteiger partial charge in [0.05, 0.1) is 12.8 Å². The molecule has 7 heteroatoms. The Labute approximate surface area is 155 Å². The van der Waals surface area contributed by atoms with Crippen LogP contribution in [0.2, 0.25) is 0 Å². The van der Waals surface area contributed by atoms with Crippen molar-refractivity contribution in [2.75, 3.05) is 18.2 Å². The fourth-order valence-electron chi connectivity index (χ4n) is 2.51. The molecule has 0 spiro atoms. The molecule has 1 amide bonds. The van der Waals surface area contributed by atoms with E-state index in [9.17, 15) is 9.18 Å². The highest BCUT2D eigenvalue weighted by molar-refractivity contribution is 7.98. The summed E-state index contributed by atoms with van der Waals surface area (Å²) in [6, 6.07) is 13.8. The Balaban J connectivity index is 1.89. The van der Waals surface area contributed by atoms with Gasteiger partial charge in [0.2, 0.25) is 0 Å². The number of hydrogen-bond acceptors (Lipinski definition) is 4. The predicted octanol–water partition coefficient (Wildman–Crippen LogP) is 4.38. The van der Waals surface area contributed by atoms with Crippen LogP contribution in [0.15, 0.2) is 59.9 Å². The first-order valence-electron chi connectivity index (χ1n) is 8.05. The number of imidazole rings is 1. The van der Waals surface area contributed by atoms with E-state index in [4.69, 9.17) is 4.74 Å². The molecular weight excluding hydrogens is 353 g/mol. The van der Waals surface area contributed by atoms with Crippen LogP contribution in [-0.2, 0) is 0 Å². The van der Waals surface area contributed by atoms with Crippen molar-refractivity contribution in [3.8, 4) is 11.4 Å². The van der Waals surface area contributed by atoms with E-state index in [1.54, 1.807) is 17.6 Å². The topological polar surface area (TPSA) is 56.1 Å². The molecule has 0 unspecified atom stereocenters. The van der Waals surface area contributed by atoms with Gasteiger partial charge in [-0.1, -0.05) is 30.0 Å². The van der Waals surface area contributed by atoms with Gasteiger partial charge in [-0.2, -0.15) is 0 Å². The molecule has 0 atom stereocenters. The summed E-state index contributed by atoms with van der Waals surface area (Å²) in [5.41, 5.74) is 1.55. The minimum Gasteiger partial charge on any atom is -0.491 e. The molecular formula is C19H18FN3O2S. The molecule has 3 aromatic rings. The summed E-state index contributed by atoms with van der Waals surface area (Å²) in [5, 5.41) is 3.41. The van der Waals surface area contributed by atoms with Crippen LogP contribution in [-0.4, -0.2) is 28.3 Å². The maximum absolute atomic E-state index is 14.0. The Morgan fingerprint density at radius 1 is 1.27 bits per heavy atom. The van der Waals surface area contributed by atoms with Gasteiger partial charge in [0.25, 0.3) is 5.91 Å². The lowest BCUT2D eigenvalue weighted by molar-refractivity contribution is 0.102. The quantitative estimate of drug-likeness (QED) is 0.653. The lowest BCUT2D eigenvalue weighted by atomic mass is 10.2. The number of benzene rings is 2. The third-order valence-corrected chi connectivity index (χ3v) is 4.30. The first-order chi connectivity index (χ1) is 12.6. The van der Waals surface area contributed by atoms with Crippen LogP contribution in [0.1, 0.15) is 17.4 Å². The van der Waals surface area contributed by atoms with E-state index >= 15 is 0 Å². The molecule has 134 valence electrons. The second kappa shape index (κ2) is 8.05. The smallest absolute Gasteiger partial charge is 0.274 e. The van der Waals surface area contributed by atoms with E-state index < -0.39 is 5.82 Å². The minimum absolute atomic E-state index is 0.157. The summed E-state index contributed by atoms with van der Waals surface area (Å²) in [5.74, 6) is -0.735. The number of anilines is 1. The molecule has 5 nitrogen and oxygen atoms in total. The largest absolute Gasteiger partial charge is 0.491 e. The Bertz CT molecular complexity index is 912. The zero-order valence-electron chi connectivity index (χ0n) is 14.4. The molecule has 0 aliphatic carbocycles. The number of thioether (sulfide) groups is 1. The minimum atomic E-state index is -0.522. The molecule has 1 aromatic heterocycles. The molecule has 1 heterocycles. The second-order valence-electron chi connectivity index (χ2n) is 5.33. The number of para-hydroxylation sites is 1. The fraction of sp³-hybridized carbons (Fsp3) is 0.158. The van der Waals surface area contributed by atoms with Crippen LogP contribution in [0.5, 0.6) is 5.75 Å². The van der Waals surface area contributed by atoms with E-state index in [2.05, 4.69) is 10.3 Å². The van der Waals surface area contributed by atoms with Crippen LogP contribution >= 0.6 is 11.8 Å². The lowest BCUT2D eigenvalue weighted by Gasteiger charge is -2.12. The first-order valence-corrected chi connectivity index (χ1v) is 9.27. The number of nitrogens with one attached hydrogen (secondary N) is 1. The van der Waals surface area contributed by atoms with Crippen LogP contribution in [0.25, 0.3) is 5.69 Å². The molecule has 0 saturated heterocycles. The number of carbonyl (C=O) groups is 1. The average molecular weight is 371 g/mol. The molecule has 0 fully saturated rings. The summed E-state index contributed by atoms with van der Waals surface area (Å²) >= 11 is 1.44. The van der Waals surface area contributed by atoms with Gasteiger partial charge in [-0.15, -0.1) is 0 Å². The van der Waals surface area contributed by atoms with Gasteiger partial charge in [-0.3, -0.25) is 9.36 Å². The van der Waals surface area contributed by atoms with E-state index in [-0.39, 0.29) is 11.7 Å². The number of ether oxygens (including phenoxy) is 1. The molecule has 3 rings (SSSR count). The van der Waals surface area contributed by atoms with Crippen molar-refractivity contribution >= 4 is 23.4 Å². The molecule has 0 aliphatic heterocycles. The third kappa shape index (κ3) is 3.72. The van der Waals surface area contributed by atoms with Crippen LogP contribution < -0.4 is 10.1 Å².